The van der Waals surface area contributed by atoms with Gasteiger partial charge in [0.1, 0.15) is 17.2 Å². The summed E-state index contributed by atoms with van der Waals surface area (Å²) in [5.74, 6) is 3.36. The molecule has 7 nitrogen and oxygen atoms in total. The number of benzene rings is 2. The lowest BCUT2D eigenvalue weighted by atomic mass is 10.1. The van der Waals surface area contributed by atoms with Gasteiger partial charge in [0.2, 0.25) is 0 Å². The Morgan fingerprint density at radius 1 is 1.03 bits per heavy atom. The fraction of sp³-hybridized carbons (Fsp3) is 0.458. The number of hydrogen-bond donors (Lipinski definition) is 2. The number of nitrogens with zero attached hydrogens (tertiary/aromatic N) is 2. The highest BCUT2D eigenvalue weighted by atomic mass is 16.5. The van der Waals surface area contributed by atoms with Crippen LogP contribution in [0.15, 0.2) is 47.5 Å². The summed E-state index contributed by atoms with van der Waals surface area (Å²) in [6.07, 6.45) is 3.06. The maximum Gasteiger partial charge on any atom is 0.191 e. The Kier molecular flexibility index (Phi) is 8.27. The molecule has 1 aliphatic heterocycles. The van der Waals surface area contributed by atoms with Gasteiger partial charge in [0.25, 0.3) is 0 Å². The van der Waals surface area contributed by atoms with Crippen molar-refractivity contribution in [3.05, 3.63) is 48.0 Å². The van der Waals surface area contributed by atoms with E-state index in [1.807, 2.05) is 25.2 Å². The number of anilines is 1. The number of methoxy groups -OCH3 is 3. The highest BCUT2D eigenvalue weighted by molar-refractivity contribution is 5.80. The van der Waals surface area contributed by atoms with Crippen LogP contribution in [0.3, 0.4) is 0 Å². The van der Waals surface area contributed by atoms with Gasteiger partial charge in [-0.05, 0) is 37.0 Å². The highest BCUT2D eigenvalue weighted by Crippen LogP contribution is 2.30. The van der Waals surface area contributed by atoms with Crippen molar-refractivity contribution >= 4 is 11.6 Å². The smallest absolute Gasteiger partial charge is 0.191 e. The average molecular weight is 427 g/mol. The fourth-order valence-electron chi connectivity index (χ4n) is 3.80. The van der Waals surface area contributed by atoms with E-state index in [0.717, 1.165) is 67.8 Å². The van der Waals surface area contributed by atoms with E-state index in [-0.39, 0.29) is 0 Å². The van der Waals surface area contributed by atoms with Gasteiger partial charge in [-0.2, -0.15) is 0 Å². The van der Waals surface area contributed by atoms with Crippen LogP contribution in [0.4, 0.5) is 5.69 Å². The Morgan fingerprint density at radius 2 is 1.77 bits per heavy atom. The molecular weight excluding hydrogens is 392 g/mol. The predicted octanol–water partition coefficient (Wildman–Crippen LogP) is 3.09. The molecule has 1 heterocycles. The topological polar surface area (TPSA) is 67.4 Å². The van der Waals surface area contributed by atoms with Crippen LogP contribution in [0.25, 0.3) is 0 Å². The molecule has 2 N–H and O–H groups in total. The third-order valence-corrected chi connectivity index (χ3v) is 5.52. The van der Waals surface area contributed by atoms with E-state index in [4.69, 9.17) is 14.2 Å². The first-order valence-corrected chi connectivity index (χ1v) is 10.7. The van der Waals surface area contributed by atoms with Crippen LogP contribution >= 0.6 is 0 Å². The van der Waals surface area contributed by atoms with Crippen molar-refractivity contribution in [3.8, 4) is 17.2 Å². The molecular formula is C24H34N4O3. The summed E-state index contributed by atoms with van der Waals surface area (Å²) in [5.41, 5.74) is 2.39. The second-order valence-corrected chi connectivity index (χ2v) is 7.60. The summed E-state index contributed by atoms with van der Waals surface area (Å²) < 4.78 is 16.1. The van der Waals surface area contributed by atoms with Crippen molar-refractivity contribution in [2.45, 2.75) is 25.3 Å². The third-order valence-electron chi connectivity index (χ3n) is 5.52. The number of rotatable bonds is 9. The van der Waals surface area contributed by atoms with E-state index < -0.39 is 0 Å². The normalized spacial score (nSPS) is 16.2. The number of aliphatic imine (C=N–C) groups is 1. The van der Waals surface area contributed by atoms with E-state index in [1.165, 1.54) is 5.56 Å². The SMILES string of the molecule is CN=C(NCCCc1cccc(OC)c1)NC1CCN(c2cc(OC)cc(OC)c2)C1. The summed E-state index contributed by atoms with van der Waals surface area (Å²) in [4.78, 5) is 6.74. The van der Waals surface area contributed by atoms with Crippen LogP contribution in [0.5, 0.6) is 17.2 Å². The molecule has 1 saturated heterocycles. The van der Waals surface area contributed by atoms with Gasteiger partial charge in [-0.15, -0.1) is 0 Å². The van der Waals surface area contributed by atoms with Crippen molar-refractivity contribution in [1.29, 1.82) is 0 Å². The minimum absolute atomic E-state index is 0.335. The lowest BCUT2D eigenvalue weighted by molar-refractivity contribution is 0.394. The molecule has 1 fully saturated rings. The van der Waals surface area contributed by atoms with Crippen molar-refractivity contribution in [2.75, 3.05) is 52.9 Å². The Hall–Kier alpha value is -3.09. The van der Waals surface area contributed by atoms with Gasteiger partial charge in [-0.25, -0.2) is 0 Å². The van der Waals surface area contributed by atoms with Gasteiger partial charge in [0, 0.05) is 56.6 Å². The molecule has 0 spiro atoms. The van der Waals surface area contributed by atoms with Gasteiger partial charge in [-0.1, -0.05) is 12.1 Å². The molecule has 2 aromatic rings. The molecule has 2 aromatic carbocycles. The van der Waals surface area contributed by atoms with Crippen LogP contribution in [-0.4, -0.2) is 60.0 Å². The van der Waals surface area contributed by atoms with E-state index in [1.54, 1.807) is 21.3 Å². The minimum atomic E-state index is 0.335. The summed E-state index contributed by atoms with van der Waals surface area (Å²) in [6.45, 7) is 2.74. The molecule has 3 rings (SSSR count). The number of nitrogens with one attached hydrogen (secondary N) is 2. The average Bonchev–Trinajstić information content (AvgIpc) is 3.29. The molecule has 0 saturated carbocycles. The molecule has 168 valence electrons. The molecule has 1 atom stereocenters. The largest absolute Gasteiger partial charge is 0.497 e. The van der Waals surface area contributed by atoms with Crippen molar-refractivity contribution in [1.82, 2.24) is 10.6 Å². The first-order valence-electron chi connectivity index (χ1n) is 10.7. The van der Waals surface area contributed by atoms with Crippen molar-refractivity contribution in [2.24, 2.45) is 4.99 Å². The second-order valence-electron chi connectivity index (χ2n) is 7.60. The monoisotopic (exact) mass is 426 g/mol. The van der Waals surface area contributed by atoms with Gasteiger partial charge in [0.15, 0.2) is 5.96 Å². The maximum absolute atomic E-state index is 5.41. The minimum Gasteiger partial charge on any atom is -0.497 e. The van der Waals surface area contributed by atoms with Gasteiger partial charge >= 0.3 is 0 Å². The second kappa shape index (κ2) is 11.3. The van der Waals surface area contributed by atoms with E-state index in [2.05, 4.69) is 44.8 Å². The van der Waals surface area contributed by atoms with E-state index >= 15 is 0 Å². The molecule has 1 aliphatic rings. The first kappa shape index (κ1) is 22.6. The van der Waals surface area contributed by atoms with Crippen LogP contribution in [0, 0.1) is 0 Å². The van der Waals surface area contributed by atoms with Gasteiger partial charge < -0.3 is 29.7 Å². The Balaban J connectivity index is 1.46. The zero-order chi connectivity index (χ0) is 22.1. The number of aryl methyl sites for hydroxylation is 1. The van der Waals surface area contributed by atoms with Crippen LogP contribution in [0.1, 0.15) is 18.4 Å². The molecule has 0 aromatic heterocycles. The molecule has 0 amide bonds. The quantitative estimate of drug-likeness (QED) is 0.365. The number of hydrogen-bond acceptors (Lipinski definition) is 5. The van der Waals surface area contributed by atoms with Crippen LogP contribution < -0.4 is 29.7 Å². The number of ether oxygens (including phenoxy) is 3. The van der Waals surface area contributed by atoms with Crippen molar-refractivity contribution in [3.63, 3.8) is 0 Å². The van der Waals surface area contributed by atoms with Crippen molar-refractivity contribution < 1.29 is 14.2 Å². The lowest BCUT2D eigenvalue weighted by Gasteiger charge is -2.21. The summed E-state index contributed by atoms with van der Waals surface area (Å²) in [5, 5.41) is 6.99. The number of guanidine groups is 1. The predicted molar refractivity (Wildman–Crippen MR) is 126 cm³/mol. The zero-order valence-electron chi connectivity index (χ0n) is 19.0. The molecule has 7 heteroatoms. The fourth-order valence-corrected chi connectivity index (χ4v) is 3.80. The standard InChI is InChI=1S/C24H34N4O3/c1-25-24(26-11-6-8-18-7-5-9-21(13-18)29-2)27-19-10-12-28(17-19)20-14-22(30-3)16-23(15-20)31-4/h5,7,9,13-16,19H,6,8,10-12,17H2,1-4H3,(H2,25,26,27). The van der Waals surface area contributed by atoms with Crippen LogP contribution in [0.2, 0.25) is 0 Å². The maximum atomic E-state index is 5.41. The first-order chi connectivity index (χ1) is 15.1. The summed E-state index contributed by atoms with van der Waals surface area (Å²) in [7, 11) is 6.87. The Labute approximate surface area is 185 Å². The zero-order valence-corrected chi connectivity index (χ0v) is 19.0. The molecule has 0 radical (unpaired) electrons. The Bertz CT molecular complexity index is 849. The highest BCUT2D eigenvalue weighted by Gasteiger charge is 2.24. The van der Waals surface area contributed by atoms with Gasteiger partial charge in [-0.3, -0.25) is 4.99 Å². The van der Waals surface area contributed by atoms with Gasteiger partial charge in [0.05, 0.1) is 21.3 Å². The van der Waals surface area contributed by atoms with E-state index in [9.17, 15) is 0 Å². The molecule has 0 aliphatic carbocycles. The van der Waals surface area contributed by atoms with Crippen LogP contribution in [-0.2, 0) is 6.42 Å². The summed E-state index contributed by atoms with van der Waals surface area (Å²) >= 11 is 0. The molecule has 0 bridgehead atoms. The van der Waals surface area contributed by atoms with E-state index in [0.29, 0.717) is 6.04 Å². The molecule has 31 heavy (non-hydrogen) atoms. The summed E-state index contributed by atoms with van der Waals surface area (Å²) in [6, 6.07) is 14.6. The molecule has 1 unspecified atom stereocenters. The Morgan fingerprint density at radius 3 is 2.45 bits per heavy atom. The third kappa shape index (κ3) is 6.44. The lowest BCUT2D eigenvalue weighted by Crippen LogP contribution is -2.44.